The van der Waals surface area contributed by atoms with Crippen molar-refractivity contribution in [3.05, 3.63) is 83.4 Å². The molecule has 0 N–H and O–H groups in total. The molecule has 0 spiro atoms. The maximum Gasteiger partial charge on any atom is 0.416 e. The lowest BCUT2D eigenvalue weighted by molar-refractivity contribution is -0.143. The molecule has 0 radical (unpaired) electrons. The number of piperidine rings is 1. The third-order valence-corrected chi connectivity index (χ3v) is 6.35. The van der Waals surface area contributed by atoms with Crippen molar-refractivity contribution >= 4 is 5.91 Å². The van der Waals surface area contributed by atoms with Gasteiger partial charge >= 0.3 is 12.4 Å². The van der Waals surface area contributed by atoms with Gasteiger partial charge in [0.15, 0.2) is 0 Å². The van der Waals surface area contributed by atoms with Gasteiger partial charge in [-0.25, -0.2) is 9.67 Å². The smallest absolute Gasteiger partial charge is 0.370 e. The number of likely N-dealkylation sites (tertiary alicyclic amines) is 1. The van der Waals surface area contributed by atoms with Gasteiger partial charge in [0, 0.05) is 19.0 Å². The van der Waals surface area contributed by atoms with Crippen LogP contribution in [0, 0.1) is 0 Å². The summed E-state index contributed by atoms with van der Waals surface area (Å²) in [6, 6.07) is 10.6. The molecule has 6 nitrogen and oxygen atoms in total. The molecule has 198 valence electrons. The number of halogens is 6. The Bertz CT molecular complexity index is 1170. The number of hydrogen-bond acceptors (Lipinski definition) is 4. The number of benzene rings is 2. The minimum atomic E-state index is -4.95. The van der Waals surface area contributed by atoms with E-state index in [-0.39, 0.29) is 36.5 Å². The molecule has 1 aliphatic heterocycles. The number of aromatic nitrogens is 3. The van der Waals surface area contributed by atoms with Crippen LogP contribution in [0.5, 0.6) is 0 Å². The van der Waals surface area contributed by atoms with Crippen LogP contribution in [0.3, 0.4) is 0 Å². The minimum absolute atomic E-state index is 0.00606. The molecule has 2 aromatic carbocycles. The largest absolute Gasteiger partial charge is 0.416 e. The lowest BCUT2D eigenvalue weighted by Crippen LogP contribution is -2.47. The van der Waals surface area contributed by atoms with Crippen molar-refractivity contribution in [2.75, 3.05) is 13.1 Å². The topological polar surface area (TPSA) is 60.2 Å². The second-order valence-corrected chi connectivity index (χ2v) is 8.89. The minimum Gasteiger partial charge on any atom is -0.370 e. The van der Waals surface area contributed by atoms with Gasteiger partial charge in [-0.2, -0.15) is 31.4 Å². The summed E-state index contributed by atoms with van der Waals surface area (Å²) in [5, 5.41) is 3.94. The molecule has 37 heavy (non-hydrogen) atoms. The molecular weight excluding hydrogens is 502 g/mol. The summed E-state index contributed by atoms with van der Waals surface area (Å²) in [7, 11) is 0. The van der Waals surface area contributed by atoms with Gasteiger partial charge in [0.05, 0.1) is 23.3 Å². The Kier molecular flexibility index (Phi) is 7.58. The van der Waals surface area contributed by atoms with Crippen LogP contribution in [0.25, 0.3) is 0 Å². The number of nitrogens with zero attached hydrogens (tertiary/aromatic N) is 4. The Morgan fingerprint density at radius 2 is 1.70 bits per heavy atom. The zero-order valence-electron chi connectivity index (χ0n) is 19.7. The molecule has 0 unspecified atom stereocenters. The third-order valence-electron chi connectivity index (χ3n) is 6.35. The number of ether oxygens (including phenoxy) is 1. The van der Waals surface area contributed by atoms with Crippen molar-refractivity contribution in [1.29, 1.82) is 0 Å². The van der Waals surface area contributed by atoms with E-state index < -0.39 is 35.7 Å². The predicted octanol–water partition coefficient (Wildman–Crippen LogP) is 5.48. The van der Waals surface area contributed by atoms with Crippen molar-refractivity contribution in [1.82, 2.24) is 19.7 Å². The Balaban J connectivity index is 1.57. The first-order valence-corrected chi connectivity index (χ1v) is 11.5. The van der Waals surface area contributed by atoms with Gasteiger partial charge < -0.3 is 9.64 Å². The van der Waals surface area contributed by atoms with Crippen LogP contribution in [-0.2, 0) is 28.4 Å². The summed E-state index contributed by atoms with van der Waals surface area (Å²) in [5.41, 5.74) is -2.15. The number of rotatable bonds is 6. The van der Waals surface area contributed by atoms with Crippen LogP contribution in [0.1, 0.15) is 47.6 Å². The third kappa shape index (κ3) is 6.48. The van der Waals surface area contributed by atoms with Gasteiger partial charge in [0.2, 0.25) is 5.91 Å². The zero-order valence-corrected chi connectivity index (χ0v) is 19.7. The van der Waals surface area contributed by atoms with Crippen molar-refractivity contribution in [2.45, 2.75) is 50.4 Å². The molecule has 2 heterocycles. The average molecular weight is 526 g/mol. The zero-order chi connectivity index (χ0) is 26.8. The lowest BCUT2D eigenvalue weighted by Gasteiger charge is -2.40. The van der Waals surface area contributed by atoms with Crippen LogP contribution >= 0.6 is 0 Å². The molecule has 0 bridgehead atoms. The standard InChI is InChI=1S/C25H24F6N4O2/c1-16(18-9-19(24(26,27)28)11-20(10-18)25(29,30)31)37-22-7-8-34(23(36)13-35-15-32-14-33-35)12-21(22)17-5-3-2-4-6-17/h2-6,9-11,14-16,21-22H,7-8,12-13H2,1H3/t16-,21+,22+/m1/s1. The molecule has 1 saturated heterocycles. The van der Waals surface area contributed by atoms with Crippen LogP contribution in [0.2, 0.25) is 0 Å². The fourth-order valence-electron chi connectivity index (χ4n) is 4.45. The van der Waals surface area contributed by atoms with Gasteiger partial charge in [0.25, 0.3) is 0 Å². The highest BCUT2D eigenvalue weighted by molar-refractivity contribution is 5.76. The van der Waals surface area contributed by atoms with E-state index in [1.165, 1.54) is 24.3 Å². The van der Waals surface area contributed by atoms with E-state index in [2.05, 4.69) is 10.1 Å². The maximum absolute atomic E-state index is 13.3. The van der Waals surface area contributed by atoms with Gasteiger partial charge in [0.1, 0.15) is 19.2 Å². The second-order valence-electron chi connectivity index (χ2n) is 8.89. The monoisotopic (exact) mass is 526 g/mol. The van der Waals surface area contributed by atoms with E-state index in [0.29, 0.717) is 25.1 Å². The van der Waals surface area contributed by atoms with E-state index in [0.717, 1.165) is 5.56 Å². The van der Waals surface area contributed by atoms with E-state index in [4.69, 9.17) is 4.74 Å². The van der Waals surface area contributed by atoms with Crippen molar-refractivity contribution in [3.63, 3.8) is 0 Å². The summed E-state index contributed by atoms with van der Waals surface area (Å²) in [4.78, 5) is 18.3. The fourth-order valence-corrected chi connectivity index (χ4v) is 4.45. The molecule has 12 heteroatoms. The van der Waals surface area contributed by atoms with E-state index >= 15 is 0 Å². The van der Waals surface area contributed by atoms with E-state index in [1.807, 2.05) is 30.3 Å². The normalized spacial score (nSPS) is 19.6. The Morgan fingerprint density at radius 3 is 2.27 bits per heavy atom. The summed E-state index contributed by atoms with van der Waals surface area (Å²) in [6.07, 6.45) is -8.41. The van der Waals surface area contributed by atoms with Gasteiger partial charge in [-0.15, -0.1) is 0 Å². The summed E-state index contributed by atoms with van der Waals surface area (Å²) >= 11 is 0. The van der Waals surface area contributed by atoms with Crippen LogP contribution in [0.15, 0.2) is 61.2 Å². The predicted molar refractivity (Wildman–Crippen MR) is 120 cm³/mol. The van der Waals surface area contributed by atoms with Crippen LogP contribution in [0.4, 0.5) is 26.3 Å². The summed E-state index contributed by atoms with van der Waals surface area (Å²) in [5.74, 6) is -0.532. The number of alkyl halides is 6. The lowest BCUT2D eigenvalue weighted by atomic mass is 9.87. The molecule has 1 aromatic heterocycles. The first kappa shape index (κ1) is 26.6. The highest BCUT2D eigenvalue weighted by Crippen LogP contribution is 2.39. The number of amides is 1. The number of hydrogen-bond donors (Lipinski definition) is 0. The molecule has 1 amide bonds. The van der Waals surface area contributed by atoms with E-state index in [1.54, 1.807) is 4.90 Å². The first-order valence-electron chi connectivity index (χ1n) is 11.5. The van der Waals surface area contributed by atoms with Gasteiger partial charge in [-0.3, -0.25) is 4.79 Å². The fraction of sp³-hybridized carbons (Fsp3) is 0.400. The Morgan fingerprint density at radius 1 is 1.05 bits per heavy atom. The summed E-state index contributed by atoms with van der Waals surface area (Å²) in [6.45, 7) is 2.00. The highest BCUT2D eigenvalue weighted by Gasteiger charge is 2.38. The SMILES string of the molecule is C[C@@H](O[C@H]1CCN(C(=O)Cn2cncn2)C[C@H]1c1ccccc1)c1cc(C(F)(F)F)cc(C(F)(F)F)c1. The van der Waals surface area contributed by atoms with Crippen molar-refractivity contribution < 1.29 is 35.9 Å². The molecular formula is C25H24F6N4O2. The first-order chi connectivity index (χ1) is 17.4. The van der Waals surface area contributed by atoms with E-state index in [9.17, 15) is 31.1 Å². The second kappa shape index (κ2) is 10.5. The van der Waals surface area contributed by atoms with Crippen molar-refractivity contribution in [3.8, 4) is 0 Å². The molecule has 3 aromatic rings. The molecule has 0 saturated carbocycles. The Labute approximate surface area is 208 Å². The van der Waals surface area contributed by atoms with Crippen LogP contribution in [-0.4, -0.2) is 44.8 Å². The highest BCUT2D eigenvalue weighted by atomic mass is 19.4. The molecule has 0 aliphatic carbocycles. The number of carbonyl (C=O) groups excluding carboxylic acids is 1. The molecule has 3 atom stereocenters. The quantitative estimate of drug-likeness (QED) is 0.400. The van der Waals surface area contributed by atoms with Gasteiger partial charge in [-0.1, -0.05) is 30.3 Å². The van der Waals surface area contributed by atoms with Crippen LogP contribution < -0.4 is 0 Å². The van der Waals surface area contributed by atoms with Gasteiger partial charge in [-0.05, 0) is 42.7 Å². The average Bonchev–Trinajstić information content (AvgIpc) is 3.36. The Hall–Kier alpha value is -3.41. The molecule has 4 rings (SSSR count). The number of carbonyl (C=O) groups is 1. The molecule has 1 fully saturated rings. The molecule has 1 aliphatic rings. The van der Waals surface area contributed by atoms with Crippen molar-refractivity contribution in [2.24, 2.45) is 0 Å². The summed E-state index contributed by atoms with van der Waals surface area (Å²) < 4.78 is 87.6. The maximum atomic E-state index is 13.3.